The third-order valence-corrected chi connectivity index (χ3v) is 3.51. The van der Waals surface area contributed by atoms with Crippen molar-refractivity contribution < 1.29 is 9.18 Å². The topological polar surface area (TPSA) is 34.9 Å². The fourth-order valence-electron chi connectivity index (χ4n) is 1.78. The average Bonchev–Trinajstić information content (AvgIpc) is 2.74. The highest BCUT2D eigenvalue weighted by molar-refractivity contribution is 9.10. The van der Waals surface area contributed by atoms with E-state index in [0.717, 1.165) is 6.42 Å². The van der Waals surface area contributed by atoms with Crippen molar-refractivity contribution in [2.75, 3.05) is 0 Å². The molecule has 100 valence electrons. The molecule has 1 heterocycles. The second-order valence-electron chi connectivity index (χ2n) is 3.99. The van der Waals surface area contributed by atoms with Crippen molar-refractivity contribution >= 4 is 33.3 Å². The first-order valence-electron chi connectivity index (χ1n) is 5.76. The quantitative estimate of drug-likeness (QED) is 0.783. The Kier molecular flexibility index (Phi) is 4.37. The molecule has 0 radical (unpaired) electrons. The summed E-state index contributed by atoms with van der Waals surface area (Å²) in [5, 5.41) is 4.03. The van der Waals surface area contributed by atoms with Gasteiger partial charge in [0.2, 0.25) is 5.78 Å². The van der Waals surface area contributed by atoms with Crippen LogP contribution in [0.15, 0.2) is 28.9 Å². The molecule has 0 fully saturated rings. The van der Waals surface area contributed by atoms with Gasteiger partial charge in [0.25, 0.3) is 0 Å². The van der Waals surface area contributed by atoms with Gasteiger partial charge in [-0.2, -0.15) is 5.10 Å². The number of ketones is 1. The molecule has 0 spiro atoms. The van der Waals surface area contributed by atoms with E-state index in [1.54, 1.807) is 10.7 Å². The van der Waals surface area contributed by atoms with Gasteiger partial charge in [-0.05, 0) is 34.5 Å². The Morgan fingerprint density at radius 1 is 1.53 bits per heavy atom. The number of rotatable bonds is 4. The van der Waals surface area contributed by atoms with Gasteiger partial charge in [0, 0.05) is 6.54 Å². The van der Waals surface area contributed by atoms with E-state index in [9.17, 15) is 9.18 Å². The number of benzene rings is 1. The summed E-state index contributed by atoms with van der Waals surface area (Å²) in [5.74, 6) is -1.14. The minimum absolute atomic E-state index is 0.0500. The number of carbonyl (C=O) groups is 1. The molecule has 1 aromatic carbocycles. The van der Waals surface area contributed by atoms with E-state index in [-0.39, 0.29) is 10.6 Å². The number of halogens is 3. The van der Waals surface area contributed by atoms with Gasteiger partial charge >= 0.3 is 0 Å². The van der Waals surface area contributed by atoms with Crippen LogP contribution in [0.1, 0.15) is 29.4 Å². The highest BCUT2D eigenvalue weighted by Crippen LogP contribution is 2.24. The summed E-state index contributed by atoms with van der Waals surface area (Å²) in [6, 6.07) is 4.37. The lowest BCUT2D eigenvalue weighted by Gasteiger charge is -2.07. The largest absolute Gasteiger partial charge is 0.287 e. The van der Waals surface area contributed by atoms with Crippen molar-refractivity contribution in [1.82, 2.24) is 9.78 Å². The second kappa shape index (κ2) is 5.84. The molecule has 19 heavy (non-hydrogen) atoms. The Hall–Kier alpha value is -1.20. The third-order valence-electron chi connectivity index (χ3n) is 2.64. The summed E-state index contributed by atoms with van der Waals surface area (Å²) >= 11 is 8.97. The van der Waals surface area contributed by atoms with Crippen LogP contribution in [0.5, 0.6) is 0 Å². The summed E-state index contributed by atoms with van der Waals surface area (Å²) in [6.45, 7) is 2.57. The molecule has 2 rings (SSSR count). The highest BCUT2D eigenvalue weighted by Gasteiger charge is 2.22. The van der Waals surface area contributed by atoms with Crippen LogP contribution in [0.25, 0.3) is 0 Å². The first-order valence-corrected chi connectivity index (χ1v) is 6.93. The second-order valence-corrected chi connectivity index (χ2v) is 5.26. The number of hydrogen-bond donors (Lipinski definition) is 0. The summed E-state index contributed by atoms with van der Waals surface area (Å²) in [7, 11) is 0. The van der Waals surface area contributed by atoms with Gasteiger partial charge in [-0.3, -0.25) is 9.48 Å². The summed E-state index contributed by atoms with van der Waals surface area (Å²) < 4.78 is 16.0. The van der Waals surface area contributed by atoms with Crippen LogP contribution >= 0.6 is 27.5 Å². The Bertz CT molecular complexity index is 627. The zero-order valence-corrected chi connectivity index (χ0v) is 12.5. The monoisotopic (exact) mass is 344 g/mol. The van der Waals surface area contributed by atoms with Crippen molar-refractivity contribution in [2.24, 2.45) is 0 Å². The number of aryl methyl sites for hydroxylation is 1. The first-order chi connectivity index (χ1) is 9.06. The molecule has 0 unspecified atom stereocenters. The van der Waals surface area contributed by atoms with Gasteiger partial charge in [0.1, 0.15) is 5.69 Å². The Balaban J connectivity index is 2.50. The van der Waals surface area contributed by atoms with Gasteiger partial charge in [-0.15, -0.1) is 0 Å². The van der Waals surface area contributed by atoms with E-state index < -0.39 is 11.6 Å². The van der Waals surface area contributed by atoms with Crippen LogP contribution < -0.4 is 0 Å². The van der Waals surface area contributed by atoms with Crippen molar-refractivity contribution in [2.45, 2.75) is 19.9 Å². The maximum Gasteiger partial charge on any atom is 0.215 e. The molecule has 0 aliphatic heterocycles. The maximum absolute atomic E-state index is 13.9. The fourth-order valence-corrected chi connectivity index (χ4v) is 2.43. The molecular weight excluding hydrogens is 335 g/mol. The SMILES string of the molecule is CCCn1ncc(Br)c1C(=O)c1cccc(Cl)c1F. The molecule has 6 heteroatoms. The van der Waals surface area contributed by atoms with Gasteiger partial charge in [-0.25, -0.2) is 4.39 Å². The molecule has 0 saturated heterocycles. The molecular formula is C13H11BrClFN2O. The number of aromatic nitrogens is 2. The first kappa shape index (κ1) is 14.2. The number of nitrogens with zero attached hydrogens (tertiary/aromatic N) is 2. The molecule has 0 N–H and O–H groups in total. The Morgan fingerprint density at radius 2 is 2.26 bits per heavy atom. The molecule has 2 aromatic rings. The lowest BCUT2D eigenvalue weighted by Crippen LogP contribution is -2.13. The van der Waals surface area contributed by atoms with Gasteiger partial charge in [0.05, 0.1) is 21.3 Å². The van der Waals surface area contributed by atoms with Crippen LogP contribution in [0.3, 0.4) is 0 Å². The van der Waals surface area contributed by atoms with E-state index >= 15 is 0 Å². The smallest absolute Gasteiger partial charge is 0.215 e. The van der Waals surface area contributed by atoms with E-state index in [1.807, 2.05) is 6.92 Å². The van der Waals surface area contributed by atoms with Gasteiger partial charge in [0.15, 0.2) is 5.82 Å². The van der Waals surface area contributed by atoms with E-state index in [1.165, 1.54) is 18.3 Å². The molecule has 0 bridgehead atoms. The molecule has 0 saturated carbocycles. The van der Waals surface area contributed by atoms with Crippen molar-refractivity contribution in [1.29, 1.82) is 0 Å². The Morgan fingerprint density at radius 3 is 2.95 bits per heavy atom. The lowest BCUT2D eigenvalue weighted by atomic mass is 10.1. The van der Waals surface area contributed by atoms with Gasteiger partial charge < -0.3 is 0 Å². The lowest BCUT2D eigenvalue weighted by molar-refractivity contribution is 0.102. The van der Waals surface area contributed by atoms with Gasteiger partial charge in [-0.1, -0.05) is 24.6 Å². The minimum Gasteiger partial charge on any atom is -0.287 e. The predicted molar refractivity (Wildman–Crippen MR) is 75.1 cm³/mol. The number of carbonyl (C=O) groups excluding carboxylic acids is 1. The van der Waals surface area contributed by atoms with Crippen molar-refractivity contribution in [3.05, 3.63) is 51.0 Å². The molecule has 0 amide bonds. The standard InChI is InChI=1S/C13H11BrClFN2O/c1-2-6-18-12(9(14)7-17-18)13(19)8-4-3-5-10(15)11(8)16/h3-5,7H,2,6H2,1H3. The summed E-state index contributed by atoms with van der Waals surface area (Å²) in [5.41, 5.74) is 0.286. The van der Waals surface area contributed by atoms with Crippen molar-refractivity contribution in [3.63, 3.8) is 0 Å². The average molecular weight is 346 g/mol. The van der Waals surface area contributed by atoms with Crippen LogP contribution in [-0.4, -0.2) is 15.6 Å². The zero-order valence-electron chi connectivity index (χ0n) is 10.2. The molecule has 3 nitrogen and oxygen atoms in total. The molecule has 0 aliphatic carbocycles. The molecule has 0 aliphatic rings. The maximum atomic E-state index is 13.9. The number of hydrogen-bond acceptors (Lipinski definition) is 2. The molecule has 1 aromatic heterocycles. The Labute approximate surface area is 123 Å². The summed E-state index contributed by atoms with van der Waals surface area (Å²) in [6.07, 6.45) is 2.36. The predicted octanol–water partition coefficient (Wildman–Crippen LogP) is 4.08. The minimum atomic E-state index is -0.703. The van der Waals surface area contributed by atoms with Crippen molar-refractivity contribution in [3.8, 4) is 0 Å². The highest BCUT2D eigenvalue weighted by atomic mass is 79.9. The fraction of sp³-hybridized carbons (Fsp3) is 0.231. The summed E-state index contributed by atoms with van der Waals surface area (Å²) in [4.78, 5) is 12.4. The van der Waals surface area contributed by atoms with Crippen LogP contribution in [0, 0.1) is 5.82 Å². The third kappa shape index (κ3) is 2.72. The van der Waals surface area contributed by atoms with E-state index in [4.69, 9.17) is 11.6 Å². The zero-order chi connectivity index (χ0) is 14.0. The van der Waals surface area contributed by atoms with Crippen LogP contribution in [-0.2, 0) is 6.54 Å². The van der Waals surface area contributed by atoms with Crippen LogP contribution in [0.4, 0.5) is 4.39 Å². The van der Waals surface area contributed by atoms with E-state index in [0.29, 0.717) is 16.7 Å². The normalized spacial score (nSPS) is 10.7. The van der Waals surface area contributed by atoms with E-state index in [2.05, 4.69) is 21.0 Å². The molecule has 0 atom stereocenters. The van der Waals surface area contributed by atoms with Crippen LogP contribution in [0.2, 0.25) is 5.02 Å².